The van der Waals surface area contributed by atoms with Crippen LogP contribution in [-0.2, 0) is 4.79 Å². The van der Waals surface area contributed by atoms with Gasteiger partial charge in [0.05, 0.1) is 12.0 Å². The molecule has 2 N–H and O–H groups in total. The van der Waals surface area contributed by atoms with Crippen LogP contribution in [0.4, 0.5) is 5.95 Å². The van der Waals surface area contributed by atoms with Crippen molar-refractivity contribution in [2.24, 2.45) is 0 Å². The van der Waals surface area contributed by atoms with Crippen molar-refractivity contribution in [1.82, 2.24) is 20.1 Å². The molecule has 2 heterocycles. The SMILES string of the molecule is CN1C(=O)c2ccccc2[C@@H](C(=O)Nc2ncn[nH]2)[C@H]1c1ccccc1. The molecule has 0 radical (unpaired) electrons. The van der Waals surface area contributed by atoms with Crippen molar-refractivity contribution in [3.63, 3.8) is 0 Å². The van der Waals surface area contributed by atoms with Crippen LogP contribution in [0.25, 0.3) is 0 Å². The number of benzene rings is 2. The first-order chi connectivity index (χ1) is 12.7. The molecule has 130 valence electrons. The van der Waals surface area contributed by atoms with Gasteiger partial charge in [0.25, 0.3) is 5.91 Å². The van der Waals surface area contributed by atoms with Crippen molar-refractivity contribution in [2.75, 3.05) is 12.4 Å². The predicted octanol–water partition coefficient (Wildman–Crippen LogP) is 2.35. The van der Waals surface area contributed by atoms with Crippen LogP contribution >= 0.6 is 0 Å². The second kappa shape index (κ2) is 6.44. The summed E-state index contributed by atoms with van der Waals surface area (Å²) in [5.41, 5.74) is 2.15. The molecule has 2 aromatic carbocycles. The molecule has 7 nitrogen and oxygen atoms in total. The van der Waals surface area contributed by atoms with E-state index < -0.39 is 12.0 Å². The average Bonchev–Trinajstić information content (AvgIpc) is 3.18. The number of amides is 2. The quantitative estimate of drug-likeness (QED) is 0.761. The maximum absolute atomic E-state index is 13.1. The van der Waals surface area contributed by atoms with Gasteiger partial charge in [-0.2, -0.15) is 10.1 Å². The molecule has 1 aromatic heterocycles. The molecular formula is C19H17N5O2. The predicted molar refractivity (Wildman–Crippen MR) is 95.5 cm³/mol. The number of carbonyl (C=O) groups is 2. The highest BCUT2D eigenvalue weighted by Crippen LogP contribution is 2.42. The number of hydrogen-bond donors (Lipinski definition) is 2. The zero-order valence-corrected chi connectivity index (χ0v) is 14.1. The fourth-order valence-corrected chi connectivity index (χ4v) is 3.48. The Hall–Kier alpha value is -3.48. The number of nitrogens with zero attached hydrogens (tertiary/aromatic N) is 3. The molecule has 0 unspecified atom stereocenters. The largest absolute Gasteiger partial charge is 0.334 e. The van der Waals surface area contributed by atoms with Gasteiger partial charge in [-0.05, 0) is 17.2 Å². The van der Waals surface area contributed by atoms with Crippen molar-refractivity contribution in [3.05, 3.63) is 77.6 Å². The van der Waals surface area contributed by atoms with Crippen molar-refractivity contribution in [1.29, 1.82) is 0 Å². The molecular weight excluding hydrogens is 330 g/mol. The second-order valence-corrected chi connectivity index (χ2v) is 6.16. The lowest BCUT2D eigenvalue weighted by Gasteiger charge is -2.39. The Morgan fingerprint density at radius 2 is 1.85 bits per heavy atom. The molecule has 4 rings (SSSR count). The molecule has 1 aliphatic heterocycles. The van der Waals surface area contributed by atoms with Crippen LogP contribution in [0, 0.1) is 0 Å². The lowest BCUT2D eigenvalue weighted by atomic mass is 9.79. The number of H-pyrrole nitrogens is 1. The molecule has 2 amide bonds. The maximum Gasteiger partial charge on any atom is 0.254 e. The number of anilines is 1. The number of aromatic nitrogens is 3. The van der Waals surface area contributed by atoms with E-state index in [-0.39, 0.29) is 17.8 Å². The number of aromatic amines is 1. The Balaban J connectivity index is 1.83. The average molecular weight is 347 g/mol. The van der Waals surface area contributed by atoms with Crippen LogP contribution in [0.3, 0.4) is 0 Å². The minimum Gasteiger partial charge on any atom is -0.334 e. The lowest BCUT2D eigenvalue weighted by molar-refractivity contribution is -0.119. The summed E-state index contributed by atoms with van der Waals surface area (Å²) in [6.07, 6.45) is 1.33. The summed E-state index contributed by atoms with van der Waals surface area (Å²) in [5.74, 6) is -0.638. The van der Waals surface area contributed by atoms with Crippen molar-refractivity contribution >= 4 is 17.8 Å². The summed E-state index contributed by atoms with van der Waals surface area (Å²) in [5, 5.41) is 9.15. The molecule has 26 heavy (non-hydrogen) atoms. The van der Waals surface area contributed by atoms with Gasteiger partial charge < -0.3 is 4.90 Å². The van der Waals surface area contributed by atoms with Crippen molar-refractivity contribution < 1.29 is 9.59 Å². The number of hydrogen-bond acceptors (Lipinski definition) is 4. The van der Waals surface area contributed by atoms with Crippen LogP contribution < -0.4 is 5.32 Å². The molecule has 0 spiro atoms. The van der Waals surface area contributed by atoms with E-state index in [1.807, 2.05) is 42.5 Å². The topological polar surface area (TPSA) is 91.0 Å². The summed E-state index contributed by atoms with van der Waals surface area (Å²) in [6.45, 7) is 0. The first-order valence-electron chi connectivity index (χ1n) is 8.24. The van der Waals surface area contributed by atoms with E-state index in [1.54, 1.807) is 24.1 Å². The monoisotopic (exact) mass is 347 g/mol. The van der Waals surface area contributed by atoms with E-state index in [0.717, 1.165) is 5.56 Å². The Morgan fingerprint density at radius 3 is 2.58 bits per heavy atom. The minimum atomic E-state index is -0.568. The number of rotatable bonds is 3. The van der Waals surface area contributed by atoms with Gasteiger partial charge >= 0.3 is 0 Å². The Kier molecular flexibility index (Phi) is 3.96. The third kappa shape index (κ3) is 2.63. The van der Waals surface area contributed by atoms with Crippen LogP contribution in [0.15, 0.2) is 60.9 Å². The van der Waals surface area contributed by atoms with Gasteiger partial charge in [-0.1, -0.05) is 48.5 Å². The van der Waals surface area contributed by atoms with Gasteiger partial charge in [-0.25, -0.2) is 5.10 Å². The van der Waals surface area contributed by atoms with Crippen LogP contribution in [0.1, 0.15) is 33.4 Å². The van der Waals surface area contributed by atoms with Gasteiger partial charge in [0.1, 0.15) is 6.33 Å². The molecule has 7 heteroatoms. The van der Waals surface area contributed by atoms with E-state index in [2.05, 4.69) is 20.5 Å². The van der Waals surface area contributed by atoms with E-state index >= 15 is 0 Å². The molecule has 0 aliphatic carbocycles. The van der Waals surface area contributed by atoms with E-state index in [1.165, 1.54) is 6.33 Å². The number of carbonyl (C=O) groups excluding carboxylic acids is 2. The van der Waals surface area contributed by atoms with Crippen LogP contribution in [0.2, 0.25) is 0 Å². The summed E-state index contributed by atoms with van der Waals surface area (Å²) < 4.78 is 0. The first kappa shape index (κ1) is 16.0. The van der Waals surface area contributed by atoms with Crippen LogP contribution in [-0.4, -0.2) is 38.9 Å². The van der Waals surface area contributed by atoms with Gasteiger partial charge in [0.2, 0.25) is 11.9 Å². The second-order valence-electron chi connectivity index (χ2n) is 6.16. The molecule has 3 aromatic rings. The zero-order chi connectivity index (χ0) is 18.1. The number of likely N-dealkylation sites (N-methyl/N-ethyl adjacent to an activating group) is 1. The first-order valence-corrected chi connectivity index (χ1v) is 8.24. The highest BCUT2D eigenvalue weighted by Gasteiger charge is 2.42. The maximum atomic E-state index is 13.1. The Bertz CT molecular complexity index is 940. The third-order valence-electron chi connectivity index (χ3n) is 4.66. The van der Waals surface area contributed by atoms with E-state index in [0.29, 0.717) is 11.1 Å². The summed E-state index contributed by atoms with van der Waals surface area (Å²) in [4.78, 5) is 31.6. The summed E-state index contributed by atoms with van der Waals surface area (Å²) >= 11 is 0. The van der Waals surface area contributed by atoms with Gasteiger partial charge in [-0.15, -0.1) is 0 Å². The molecule has 0 fully saturated rings. The van der Waals surface area contributed by atoms with E-state index in [4.69, 9.17) is 0 Å². The standard InChI is InChI=1S/C19H17N5O2/c1-24-16(12-7-3-2-4-8-12)15(17(25)22-19-20-11-21-23-19)13-9-5-6-10-14(13)18(24)26/h2-11,15-16H,1H3,(H2,20,21,22,23,25)/t15-,16-/m1/s1. The Labute approximate surface area is 150 Å². The molecule has 2 atom stereocenters. The van der Waals surface area contributed by atoms with Gasteiger partial charge in [0, 0.05) is 12.6 Å². The Morgan fingerprint density at radius 1 is 1.12 bits per heavy atom. The third-order valence-corrected chi connectivity index (χ3v) is 4.66. The smallest absolute Gasteiger partial charge is 0.254 e. The zero-order valence-electron chi connectivity index (χ0n) is 14.1. The fourth-order valence-electron chi connectivity index (χ4n) is 3.48. The van der Waals surface area contributed by atoms with Crippen molar-refractivity contribution in [3.8, 4) is 0 Å². The lowest BCUT2D eigenvalue weighted by Crippen LogP contribution is -2.44. The van der Waals surface area contributed by atoms with Gasteiger partial charge in [-0.3, -0.25) is 14.9 Å². The molecule has 0 saturated carbocycles. The highest BCUT2D eigenvalue weighted by molar-refractivity contribution is 6.03. The van der Waals surface area contributed by atoms with Crippen LogP contribution in [0.5, 0.6) is 0 Å². The van der Waals surface area contributed by atoms with Gasteiger partial charge in [0.15, 0.2) is 0 Å². The molecule has 0 bridgehead atoms. The minimum absolute atomic E-state index is 0.0989. The fraction of sp³-hybridized carbons (Fsp3) is 0.158. The summed E-state index contributed by atoms with van der Waals surface area (Å²) in [6, 6.07) is 16.4. The number of fused-ring (bicyclic) bond motifs is 1. The number of nitrogens with one attached hydrogen (secondary N) is 2. The van der Waals surface area contributed by atoms with E-state index in [9.17, 15) is 9.59 Å². The normalized spacial score (nSPS) is 19.1. The highest BCUT2D eigenvalue weighted by atomic mass is 16.2. The summed E-state index contributed by atoms with van der Waals surface area (Å²) in [7, 11) is 1.73. The molecule has 0 saturated heterocycles. The molecule has 1 aliphatic rings. The van der Waals surface area contributed by atoms with Crippen molar-refractivity contribution in [2.45, 2.75) is 12.0 Å².